The zero-order valence-electron chi connectivity index (χ0n) is 15.2. The topological polar surface area (TPSA) is 24.4 Å². The molecule has 0 radical (unpaired) electrons. The van der Waals surface area contributed by atoms with E-state index in [2.05, 4.69) is 25.4 Å². The molecule has 3 heteroatoms. The van der Waals surface area contributed by atoms with E-state index in [0.29, 0.717) is 16.9 Å². The normalized spacial score (nSPS) is 21.3. The Hall–Kier alpha value is -1.28. The minimum atomic E-state index is 0.490. The second kappa shape index (κ2) is 9.27. The molecule has 2 nitrogen and oxygen atoms in total. The van der Waals surface area contributed by atoms with E-state index in [0.717, 1.165) is 23.6 Å². The monoisotopic (exact) mass is 346 g/mol. The highest BCUT2D eigenvalue weighted by Gasteiger charge is 2.23. The number of hydrogen-bond donors (Lipinski definition) is 1. The average Bonchev–Trinajstić information content (AvgIpc) is 3.38. The summed E-state index contributed by atoms with van der Waals surface area (Å²) in [7, 11) is 0. The SMILES string of the molecule is C=CC(=C(C)CC1CC1)C(=N/C(=C)NC1CCCCC1)/C(Cl)=C\C. The molecule has 1 N–H and O–H groups in total. The van der Waals surface area contributed by atoms with Crippen LogP contribution in [0.15, 0.2) is 52.3 Å². The summed E-state index contributed by atoms with van der Waals surface area (Å²) in [6.45, 7) is 12.2. The molecule has 0 amide bonds. The lowest BCUT2D eigenvalue weighted by Gasteiger charge is -2.24. The van der Waals surface area contributed by atoms with Crippen molar-refractivity contribution >= 4 is 17.3 Å². The van der Waals surface area contributed by atoms with Crippen LogP contribution in [-0.2, 0) is 0 Å². The van der Waals surface area contributed by atoms with Crippen molar-refractivity contribution in [3.63, 3.8) is 0 Å². The Morgan fingerprint density at radius 3 is 2.42 bits per heavy atom. The standard InChI is InChI=1S/C21H31ClN2/c1-5-19(15(3)14-17-12-13-17)21(20(22)6-2)24-16(4)23-18-10-8-7-9-11-18/h5-6,17-18,23H,1,4,7-14H2,2-3H3/b19-15?,20-6+,24-21-. The van der Waals surface area contributed by atoms with Gasteiger partial charge in [0.15, 0.2) is 0 Å². The number of allylic oxidation sites excluding steroid dienone is 5. The quantitative estimate of drug-likeness (QED) is 0.406. The molecule has 0 saturated heterocycles. The third kappa shape index (κ3) is 5.66. The van der Waals surface area contributed by atoms with Gasteiger partial charge in [-0.15, -0.1) is 0 Å². The van der Waals surface area contributed by atoms with Gasteiger partial charge >= 0.3 is 0 Å². The van der Waals surface area contributed by atoms with Gasteiger partial charge in [-0.1, -0.05) is 61.7 Å². The summed E-state index contributed by atoms with van der Waals surface area (Å²) < 4.78 is 0. The molecule has 0 aromatic rings. The third-order valence-corrected chi connectivity index (χ3v) is 5.31. The Balaban J connectivity index is 2.18. The molecule has 0 aromatic carbocycles. The molecule has 0 atom stereocenters. The van der Waals surface area contributed by atoms with Crippen molar-refractivity contribution in [3.8, 4) is 0 Å². The summed E-state index contributed by atoms with van der Waals surface area (Å²) in [5.41, 5.74) is 3.16. The summed E-state index contributed by atoms with van der Waals surface area (Å²) in [6, 6.07) is 0.490. The smallest absolute Gasteiger partial charge is 0.119 e. The van der Waals surface area contributed by atoms with E-state index >= 15 is 0 Å². The van der Waals surface area contributed by atoms with Gasteiger partial charge < -0.3 is 5.32 Å². The average molecular weight is 347 g/mol. The molecular weight excluding hydrogens is 316 g/mol. The van der Waals surface area contributed by atoms with Crippen molar-refractivity contribution < 1.29 is 0 Å². The van der Waals surface area contributed by atoms with E-state index in [1.165, 1.54) is 50.5 Å². The van der Waals surface area contributed by atoms with E-state index in [1.54, 1.807) is 0 Å². The minimum absolute atomic E-state index is 0.490. The van der Waals surface area contributed by atoms with Crippen LogP contribution in [0.5, 0.6) is 0 Å². The van der Waals surface area contributed by atoms with Crippen LogP contribution in [0.4, 0.5) is 0 Å². The Morgan fingerprint density at radius 1 is 1.21 bits per heavy atom. The van der Waals surface area contributed by atoms with Crippen LogP contribution in [0.25, 0.3) is 0 Å². The lowest BCUT2D eigenvalue weighted by atomic mass is 9.95. The van der Waals surface area contributed by atoms with Crippen molar-refractivity contribution in [2.45, 2.75) is 71.3 Å². The largest absolute Gasteiger partial charge is 0.368 e. The van der Waals surface area contributed by atoms with Gasteiger partial charge in [0.1, 0.15) is 5.82 Å². The van der Waals surface area contributed by atoms with E-state index in [4.69, 9.17) is 16.6 Å². The van der Waals surface area contributed by atoms with Crippen LogP contribution in [0.2, 0.25) is 0 Å². The molecule has 0 unspecified atom stereocenters. The second-order valence-electron chi connectivity index (χ2n) is 7.07. The van der Waals surface area contributed by atoms with Crippen LogP contribution in [0.1, 0.15) is 65.2 Å². The Labute approximate surface area is 152 Å². The van der Waals surface area contributed by atoms with E-state index in [9.17, 15) is 0 Å². The first-order valence-corrected chi connectivity index (χ1v) is 9.61. The maximum Gasteiger partial charge on any atom is 0.119 e. The molecule has 2 aliphatic carbocycles. The Kier molecular flexibility index (Phi) is 7.36. The number of rotatable bonds is 8. The fourth-order valence-electron chi connectivity index (χ4n) is 3.37. The number of halogens is 1. The predicted octanol–water partition coefficient (Wildman–Crippen LogP) is 6.27. The lowest BCUT2D eigenvalue weighted by Crippen LogP contribution is -2.29. The zero-order chi connectivity index (χ0) is 17.5. The molecule has 0 aliphatic heterocycles. The summed E-state index contributed by atoms with van der Waals surface area (Å²) in [4.78, 5) is 4.74. The van der Waals surface area contributed by atoms with Crippen molar-refractivity contribution in [2.75, 3.05) is 0 Å². The molecule has 132 valence electrons. The van der Waals surface area contributed by atoms with E-state index < -0.39 is 0 Å². The number of hydrogen-bond acceptors (Lipinski definition) is 2. The van der Waals surface area contributed by atoms with Gasteiger partial charge in [-0.05, 0) is 51.9 Å². The van der Waals surface area contributed by atoms with Crippen molar-refractivity contribution in [2.24, 2.45) is 10.9 Å². The van der Waals surface area contributed by atoms with E-state index in [1.807, 2.05) is 19.1 Å². The minimum Gasteiger partial charge on any atom is -0.368 e. The van der Waals surface area contributed by atoms with Gasteiger partial charge in [-0.25, -0.2) is 4.99 Å². The number of nitrogens with zero attached hydrogens (tertiary/aromatic N) is 1. The van der Waals surface area contributed by atoms with Crippen molar-refractivity contribution in [1.82, 2.24) is 5.32 Å². The first kappa shape index (κ1) is 19.1. The molecule has 24 heavy (non-hydrogen) atoms. The fourth-order valence-corrected chi connectivity index (χ4v) is 3.51. The maximum absolute atomic E-state index is 6.47. The van der Waals surface area contributed by atoms with E-state index in [-0.39, 0.29) is 0 Å². The maximum atomic E-state index is 6.47. The number of nitrogens with one attached hydrogen (secondary N) is 1. The zero-order valence-corrected chi connectivity index (χ0v) is 16.0. The van der Waals surface area contributed by atoms with Gasteiger partial charge in [-0.2, -0.15) is 0 Å². The lowest BCUT2D eigenvalue weighted by molar-refractivity contribution is 0.396. The fraction of sp³-hybridized carbons (Fsp3) is 0.571. The highest BCUT2D eigenvalue weighted by Crippen LogP contribution is 2.36. The number of aliphatic imine (C=N–C) groups is 1. The molecular formula is C21H31ClN2. The highest BCUT2D eigenvalue weighted by molar-refractivity contribution is 6.46. The van der Waals surface area contributed by atoms with Gasteiger partial charge in [0, 0.05) is 11.6 Å². The molecule has 2 rings (SSSR count). The molecule has 2 saturated carbocycles. The summed E-state index contributed by atoms with van der Waals surface area (Å²) in [5.74, 6) is 1.53. The summed E-state index contributed by atoms with van der Waals surface area (Å²) in [5, 5.41) is 4.13. The molecule has 0 aromatic heterocycles. The van der Waals surface area contributed by atoms with Crippen LogP contribution < -0.4 is 5.32 Å². The first-order chi connectivity index (χ1) is 11.5. The third-order valence-electron chi connectivity index (χ3n) is 4.91. The van der Waals surface area contributed by atoms with Crippen LogP contribution >= 0.6 is 11.6 Å². The molecule has 2 fully saturated rings. The Bertz CT molecular complexity index is 558. The Morgan fingerprint density at radius 2 is 1.88 bits per heavy atom. The van der Waals surface area contributed by atoms with Gasteiger partial charge in [-0.3, -0.25) is 0 Å². The van der Waals surface area contributed by atoms with Crippen molar-refractivity contribution in [1.29, 1.82) is 0 Å². The predicted molar refractivity (Wildman–Crippen MR) is 106 cm³/mol. The molecule has 2 aliphatic rings. The molecule has 0 heterocycles. The van der Waals surface area contributed by atoms with Gasteiger partial charge in [0.05, 0.1) is 10.7 Å². The molecule has 0 bridgehead atoms. The van der Waals surface area contributed by atoms with Crippen LogP contribution in [0, 0.1) is 5.92 Å². The highest BCUT2D eigenvalue weighted by atomic mass is 35.5. The first-order valence-electron chi connectivity index (χ1n) is 9.24. The second-order valence-corrected chi connectivity index (χ2v) is 7.48. The van der Waals surface area contributed by atoms with Gasteiger partial charge in [0.25, 0.3) is 0 Å². The van der Waals surface area contributed by atoms with Crippen LogP contribution in [-0.4, -0.2) is 11.8 Å². The summed E-state index contributed by atoms with van der Waals surface area (Å²) >= 11 is 6.47. The van der Waals surface area contributed by atoms with Crippen LogP contribution in [0.3, 0.4) is 0 Å². The molecule has 0 spiro atoms. The van der Waals surface area contributed by atoms with Gasteiger partial charge in [0.2, 0.25) is 0 Å². The summed E-state index contributed by atoms with van der Waals surface area (Å²) in [6.07, 6.45) is 13.9. The van der Waals surface area contributed by atoms with Crippen molar-refractivity contribution in [3.05, 3.63) is 47.3 Å².